The molecular weight excluding hydrogens is 277 g/mol. The van der Waals surface area contributed by atoms with Crippen molar-refractivity contribution in [3.63, 3.8) is 0 Å². The minimum atomic E-state index is -1.10. The van der Waals surface area contributed by atoms with Crippen molar-refractivity contribution in [2.24, 2.45) is 0 Å². The minimum absolute atomic E-state index is 0.00790. The molecule has 1 unspecified atom stereocenters. The molecule has 0 aromatic heterocycles. The summed E-state index contributed by atoms with van der Waals surface area (Å²) in [6.45, 7) is 0. The van der Waals surface area contributed by atoms with Crippen LogP contribution in [0, 0.1) is 17.5 Å². The van der Waals surface area contributed by atoms with Crippen LogP contribution in [-0.4, -0.2) is 7.11 Å². The fourth-order valence-corrected chi connectivity index (χ4v) is 2.19. The summed E-state index contributed by atoms with van der Waals surface area (Å²) in [6, 6.07) is 7.15. The third kappa shape index (κ3) is 2.68. The van der Waals surface area contributed by atoms with Gasteiger partial charge in [-0.1, -0.05) is 12.1 Å². The lowest BCUT2D eigenvalue weighted by molar-refractivity contribution is 0.405. The fraction of sp³-hybridized carbons (Fsp3) is 0.143. The molecule has 19 heavy (non-hydrogen) atoms. The molecule has 5 heteroatoms. The number of benzene rings is 2. The molecule has 1 nitrogen and oxygen atoms in total. The Morgan fingerprint density at radius 2 is 1.79 bits per heavy atom. The van der Waals surface area contributed by atoms with E-state index in [1.807, 2.05) is 0 Å². The Kier molecular flexibility index (Phi) is 4.00. The lowest BCUT2D eigenvalue weighted by Gasteiger charge is -2.15. The molecule has 2 rings (SSSR count). The topological polar surface area (TPSA) is 9.23 Å². The molecule has 2 aromatic rings. The van der Waals surface area contributed by atoms with Gasteiger partial charge in [0.05, 0.1) is 18.1 Å². The summed E-state index contributed by atoms with van der Waals surface area (Å²) >= 11 is 6.10. The van der Waals surface area contributed by atoms with E-state index >= 15 is 0 Å². The molecule has 0 radical (unpaired) electrons. The van der Waals surface area contributed by atoms with Crippen LogP contribution in [0.15, 0.2) is 36.4 Å². The van der Waals surface area contributed by atoms with Crippen LogP contribution in [-0.2, 0) is 0 Å². The van der Waals surface area contributed by atoms with Crippen molar-refractivity contribution in [3.8, 4) is 5.75 Å². The molecule has 0 aliphatic rings. The van der Waals surface area contributed by atoms with Crippen LogP contribution in [0.2, 0.25) is 0 Å². The Bertz CT molecular complexity index is 601. The first-order valence-electron chi connectivity index (χ1n) is 5.46. The maximum absolute atomic E-state index is 13.8. The number of ether oxygens (including phenoxy) is 1. The predicted molar refractivity (Wildman–Crippen MR) is 67.0 cm³/mol. The maximum Gasteiger partial charge on any atom is 0.131 e. The number of alkyl halides is 1. The molecule has 0 amide bonds. The normalized spacial score (nSPS) is 12.3. The molecule has 2 aromatic carbocycles. The average Bonchev–Trinajstić information content (AvgIpc) is 2.37. The van der Waals surface area contributed by atoms with Crippen LogP contribution in [0.25, 0.3) is 0 Å². The van der Waals surface area contributed by atoms with Gasteiger partial charge in [-0.05, 0) is 18.2 Å². The van der Waals surface area contributed by atoms with E-state index in [9.17, 15) is 13.2 Å². The van der Waals surface area contributed by atoms with Gasteiger partial charge in [0.2, 0.25) is 0 Å². The summed E-state index contributed by atoms with van der Waals surface area (Å²) < 4.78 is 45.4. The predicted octanol–water partition coefficient (Wildman–Crippen LogP) is 4.44. The molecule has 0 heterocycles. The summed E-state index contributed by atoms with van der Waals surface area (Å²) in [5.74, 6) is -1.94. The van der Waals surface area contributed by atoms with Crippen LogP contribution in [0.4, 0.5) is 13.2 Å². The van der Waals surface area contributed by atoms with E-state index in [4.69, 9.17) is 16.3 Å². The standard InChI is InChI=1S/C14H10ClF3O/c1-19-12-4-2-3-10(17)13(12)14(15)9-6-5-8(16)7-11(9)18/h2-7,14H,1H3. The zero-order valence-corrected chi connectivity index (χ0v) is 10.7. The third-order valence-corrected chi connectivity index (χ3v) is 3.18. The van der Waals surface area contributed by atoms with Gasteiger partial charge in [0.25, 0.3) is 0 Å². The van der Waals surface area contributed by atoms with Crippen molar-refractivity contribution in [1.29, 1.82) is 0 Å². The smallest absolute Gasteiger partial charge is 0.131 e. The fourth-order valence-electron chi connectivity index (χ4n) is 1.80. The second-order valence-corrected chi connectivity index (χ2v) is 4.32. The van der Waals surface area contributed by atoms with Crippen molar-refractivity contribution < 1.29 is 17.9 Å². The van der Waals surface area contributed by atoms with Gasteiger partial charge in [-0.3, -0.25) is 0 Å². The van der Waals surface area contributed by atoms with Crippen LogP contribution in [0.5, 0.6) is 5.75 Å². The van der Waals surface area contributed by atoms with E-state index in [2.05, 4.69) is 0 Å². The zero-order valence-electron chi connectivity index (χ0n) is 9.96. The monoisotopic (exact) mass is 286 g/mol. The number of hydrogen-bond acceptors (Lipinski definition) is 1. The molecule has 0 saturated carbocycles. The second kappa shape index (κ2) is 5.53. The third-order valence-electron chi connectivity index (χ3n) is 2.72. The Morgan fingerprint density at radius 3 is 2.42 bits per heavy atom. The Balaban J connectivity index is 2.52. The van der Waals surface area contributed by atoms with Crippen molar-refractivity contribution in [2.45, 2.75) is 5.38 Å². The van der Waals surface area contributed by atoms with Crippen molar-refractivity contribution in [1.82, 2.24) is 0 Å². The van der Waals surface area contributed by atoms with Crippen LogP contribution >= 0.6 is 11.6 Å². The van der Waals surface area contributed by atoms with Crippen molar-refractivity contribution in [2.75, 3.05) is 7.11 Å². The van der Waals surface area contributed by atoms with Gasteiger partial charge < -0.3 is 4.74 Å². The van der Waals surface area contributed by atoms with Crippen LogP contribution in [0.1, 0.15) is 16.5 Å². The molecule has 1 atom stereocenters. The highest BCUT2D eigenvalue weighted by Crippen LogP contribution is 2.37. The van der Waals surface area contributed by atoms with Crippen molar-refractivity contribution in [3.05, 3.63) is 65.0 Å². The van der Waals surface area contributed by atoms with E-state index < -0.39 is 22.8 Å². The highest BCUT2D eigenvalue weighted by atomic mass is 35.5. The first-order valence-corrected chi connectivity index (χ1v) is 5.89. The second-order valence-electron chi connectivity index (χ2n) is 3.88. The van der Waals surface area contributed by atoms with Gasteiger partial charge in [-0.25, -0.2) is 13.2 Å². The molecule has 0 N–H and O–H groups in total. The van der Waals surface area contributed by atoms with E-state index in [0.717, 1.165) is 6.07 Å². The summed E-state index contributed by atoms with van der Waals surface area (Å²) in [5.41, 5.74) is 0.0173. The van der Waals surface area contributed by atoms with E-state index in [0.29, 0.717) is 6.07 Å². The zero-order chi connectivity index (χ0) is 14.0. The van der Waals surface area contributed by atoms with Crippen molar-refractivity contribution >= 4 is 11.6 Å². The Morgan fingerprint density at radius 1 is 1.05 bits per heavy atom. The Labute approximate surface area is 113 Å². The average molecular weight is 287 g/mol. The van der Waals surface area contributed by atoms with E-state index in [1.165, 1.54) is 31.4 Å². The SMILES string of the molecule is COc1cccc(F)c1C(Cl)c1ccc(F)cc1F. The first-order chi connectivity index (χ1) is 9.04. The molecule has 0 aliphatic heterocycles. The summed E-state index contributed by atoms with van der Waals surface area (Å²) in [5, 5.41) is -1.10. The summed E-state index contributed by atoms with van der Waals surface area (Å²) in [6.07, 6.45) is 0. The number of halogens is 4. The first kappa shape index (κ1) is 13.7. The van der Waals surface area contributed by atoms with Crippen LogP contribution in [0.3, 0.4) is 0 Å². The number of methoxy groups -OCH3 is 1. The Hall–Kier alpha value is -1.68. The number of rotatable bonds is 3. The van der Waals surface area contributed by atoms with E-state index in [-0.39, 0.29) is 16.9 Å². The molecule has 0 saturated heterocycles. The molecule has 0 fully saturated rings. The molecule has 0 bridgehead atoms. The highest BCUT2D eigenvalue weighted by molar-refractivity contribution is 6.22. The highest BCUT2D eigenvalue weighted by Gasteiger charge is 2.22. The lowest BCUT2D eigenvalue weighted by atomic mass is 10.0. The van der Waals surface area contributed by atoms with Crippen LogP contribution < -0.4 is 4.74 Å². The van der Waals surface area contributed by atoms with Gasteiger partial charge in [-0.15, -0.1) is 11.6 Å². The van der Waals surface area contributed by atoms with Gasteiger partial charge >= 0.3 is 0 Å². The molecule has 0 aliphatic carbocycles. The van der Waals surface area contributed by atoms with E-state index in [1.54, 1.807) is 0 Å². The lowest BCUT2D eigenvalue weighted by Crippen LogP contribution is -2.03. The quantitative estimate of drug-likeness (QED) is 0.758. The minimum Gasteiger partial charge on any atom is -0.496 e. The summed E-state index contributed by atoms with van der Waals surface area (Å²) in [7, 11) is 1.36. The summed E-state index contributed by atoms with van der Waals surface area (Å²) in [4.78, 5) is 0. The maximum atomic E-state index is 13.8. The van der Waals surface area contributed by atoms with Gasteiger partial charge in [0.15, 0.2) is 0 Å². The van der Waals surface area contributed by atoms with Gasteiger partial charge in [0.1, 0.15) is 23.2 Å². The largest absolute Gasteiger partial charge is 0.496 e. The van der Waals surface area contributed by atoms with Gasteiger partial charge in [0, 0.05) is 11.6 Å². The molecular formula is C14H10ClF3O. The number of hydrogen-bond donors (Lipinski definition) is 0. The van der Waals surface area contributed by atoms with Gasteiger partial charge in [-0.2, -0.15) is 0 Å². The molecule has 0 spiro atoms. The molecule has 100 valence electrons.